The number of nitrogens with zero attached hydrogens (tertiary/aromatic N) is 1. The lowest BCUT2D eigenvalue weighted by molar-refractivity contribution is 0.346. The third kappa shape index (κ3) is 1.64. The summed E-state index contributed by atoms with van der Waals surface area (Å²) < 4.78 is 5.48. The van der Waals surface area contributed by atoms with E-state index in [0.717, 1.165) is 24.4 Å². The minimum Gasteiger partial charge on any atom is -0.477 e. The normalized spacial score (nSPS) is 12.7. The predicted octanol–water partition coefficient (Wildman–Crippen LogP) is 3.50. The lowest BCUT2D eigenvalue weighted by Crippen LogP contribution is -1.90. The van der Waals surface area contributed by atoms with Crippen molar-refractivity contribution >= 4 is 10.9 Å². The predicted molar refractivity (Wildman–Crippen MR) is 67.0 cm³/mol. The van der Waals surface area contributed by atoms with Gasteiger partial charge in [0.25, 0.3) is 0 Å². The number of fused-ring (bicyclic) bond motifs is 2. The van der Waals surface area contributed by atoms with E-state index in [9.17, 15) is 0 Å². The van der Waals surface area contributed by atoms with Gasteiger partial charge >= 0.3 is 0 Å². The molecule has 0 fully saturated rings. The Morgan fingerprint density at radius 2 is 1.94 bits per heavy atom. The van der Waals surface area contributed by atoms with E-state index in [1.54, 1.807) is 0 Å². The summed E-state index contributed by atoms with van der Waals surface area (Å²) in [6.07, 6.45) is 0.999. The Labute approximate surface area is 96.3 Å². The van der Waals surface area contributed by atoms with Crippen molar-refractivity contribution in [1.82, 2.24) is 4.98 Å². The van der Waals surface area contributed by atoms with Crippen molar-refractivity contribution in [3.8, 4) is 5.88 Å². The van der Waals surface area contributed by atoms with Crippen LogP contribution in [0.1, 0.15) is 25.0 Å². The first-order chi connectivity index (χ1) is 7.86. The van der Waals surface area contributed by atoms with Crippen molar-refractivity contribution in [2.24, 2.45) is 0 Å². The Balaban J connectivity index is 0.000000457. The number of aryl methyl sites for hydroxylation is 1. The number of benzene rings is 1. The summed E-state index contributed by atoms with van der Waals surface area (Å²) in [5.41, 5.74) is 3.64. The Morgan fingerprint density at radius 3 is 2.75 bits per heavy atom. The van der Waals surface area contributed by atoms with E-state index < -0.39 is 0 Å². The first-order valence-electron chi connectivity index (χ1n) is 5.87. The molecule has 0 amide bonds. The summed E-state index contributed by atoms with van der Waals surface area (Å²) >= 11 is 0. The van der Waals surface area contributed by atoms with Gasteiger partial charge in [0.2, 0.25) is 5.88 Å². The molecule has 0 radical (unpaired) electrons. The second-order valence-electron chi connectivity index (χ2n) is 3.64. The largest absolute Gasteiger partial charge is 0.477 e. The zero-order chi connectivity index (χ0) is 11.5. The van der Waals surface area contributed by atoms with Crippen LogP contribution in [0.25, 0.3) is 10.9 Å². The molecule has 84 valence electrons. The summed E-state index contributed by atoms with van der Waals surface area (Å²) in [6, 6.07) is 8.22. The molecule has 0 atom stereocenters. The molecular weight excluding hydrogens is 198 g/mol. The van der Waals surface area contributed by atoms with Crippen molar-refractivity contribution in [3.63, 3.8) is 0 Å². The standard InChI is InChI=1S/C12H11NO.C2H6/c1-8-9-4-2-3-5-11(9)13-12-10(8)6-7-14-12;1-2/h2-5H,6-7H2,1H3;1-2H3. The fraction of sp³-hybridized carbons (Fsp3) is 0.357. The van der Waals surface area contributed by atoms with Crippen molar-refractivity contribution in [1.29, 1.82) is 0 Å². The van der Waals surface area contributed by atoms with Gasteiger partial charge in [-0.15, -0.1) is 0 Å². The number of hydrogen-bond donors (Lipinski definition) is 0. The summed E-state index contributed by atoms with van der Waals surface area (Å²) in [7, 11) is 0. The van der Waals surface area contributed by atoms with E-state index in [4.69, 9.17) is 4.74 Å². The minimum absolute atomic E-state index is 0.777. The molecule has 0 aliphatic carbocycles. The fourth-order valence-corrected chi connectivity index (χ4v) is 2.05. The molecule has 3 rings (SSSR count). The number of ether oxygens (including phenoxy) is 1. The van der Waals surface area contributed by atoms with Crippen LogP contribution >= 0.6 is 0 Å². The highest BCUT2D eigenvalue weighted by Gasteiger charge is 2.17. The zero-order valence-corrected chi connectivity index (χ0v) is 10.1. The lowest BCUT2D eigenvalue weighted by atomic mass is 10.0. The van der Waals surface area contributed by atoms with E-state index in [1.807, 2.05) is 26.0 Å². The first-order valence-corrected chi connectivity index (χ1v) is 5.87. The van der Waals surface area contributed by atoms with E-state index >= 15 is 0 Å². The summed E-state index contributed by atoms with van der Waals surface area (Å²) in [4.78, 5) is 4.49. The average Bonchev–Trinajstić information content (AvgIpc) is 2.80. The first kappa shape index (κ1) is 10.9. The van der Waals surface area contributed by atoms with Gasteiger partial charge in [0.15, 0.2) is 0 Å². The van der Waals surface area contributed by atoms with Crippen LogP contribution in [0.15, 0.2) is 24.3 Å². The van der Waals surface area contributed by atoms with E-state index in [0.29, 0.717) is 0 Å². The van der Waals surface area contributed by atoms with E-state index in [-0.39, 0.29) is 0 Å². The minimum atomic E-state index is 0.777. The average molecular weight is 215 g/mol. The number of hydrogen-bond acceptors (Lipinski definition) is 2. The number of para-hydroxylation sites is 1. The maximum Gasteiger partial charge on any atom is 0.217 e. The SMILES string of the molecule is CC.Cc1c2c(nc3ccccc13)OCC2. The quantitative estimate of drug-likeness (QED) is 0.671. The maximum atomic E-state index is 5.48. The molecule has 2 heterocycles. The van der Waals surface area contributed by atoms with Crippen LogP contribution < -0.4 is 4.74 Å². The molecule has 1 aromatic carbocycles. The van der Waals surface area contributed by atoms with Crippen LogP contribution in [-0.4, -0.2) is 11.6 Å². The van der Waals surface area contributed by atoms with E-state index in [2.05, 4.69) is 24.0 Å². The molecule has 2 nitrogen and oxygen atoms in total. The molecular formula is C14H17NO. The summed E-state index contributed by atoms with van der Waals surface area (Å²) in [5.74, 6) is 0.834. The molecule has 2 aromatic rings. The van der Waals surface area contributed by atoms with Crippen LogP contribution in [0.4, 0.5) is 0 Å². The van der Waals surface area contributed by atoms with Gasteiger partial charge in [0.05, 0.1) is 12.1 Å². The third-order valence-corrected chi connectivity index (χ3v) is 2.83. The third-order valence-electron chi connectivity index (χ3n) is 2.83. The van der Waals surface area contributed by atoms with Gasteiger partial charge in [-0.2, -0.15) is 0 Å². The Bertz CT molecular complexity index is 505. The molecule has 0 unspecified atom stereocenters. The fourth-order valence-electron chi connectivity index (χ4n) is 2.05. The Kier molecular flexibility index (Phi) is 3.09. The van der Waals surface area contributed by atoms with Crippen molar-refractivity contribution < 1.29 is 4.74 Å². The van der Waals surface area contributed by atoms with Crippen LogP contribution in [0, 0.1) is 6.92 Å². The zero-order valence-electron chi connectivity index (χ0n) is 10.1. The van der Waals surface area contributed by atoms with Crippen LogP contribution in [0.3, 0.4) is 0 Å². The molecule has 16 heavy (non-hydrogen) atoms. The van der Waals surface area contributed by atoms with Gasteiger partial charge in [0.1, 0.15) is 0 Å². The van der Waals surface area contributed by atoms with E-state index in [1.165, 1.54) is 16.5 Å². The van der Waals surface area contributed by atoms with Crippen LogP contribution in [0.5, 0.6) is 5.88 Å². The number of aromatic nitrogens is 1. The molecule has 1 aliphatic heterocycles. The molecule has 1 aliphatic rings. The highest BCUT2D eigenvalue weighted by molar-refractivity contribution is 5.84. The van der Waals surface area contributed by atoms with Gasteiger partial charge < -0.3 is 4.74 Å². The number of rotatable bonds is 0. The van der Waals surface area contributed by atoms with Crippen molar-refractivity contribution in [3.05, 3.63) is 35.4 Å². The van der Waals surface area contributed by atoms with Gasteiger partial charge in [-0.3, -0.25) is 0 Å². The smallest absolute Gasteiger partial charge is 0.217 e. The molecule has 0 bridgehead atoms. The summed E-state index contributed by atoms with van der Waals surface area (Å²) in [6.45, 7) is 6.93. The Morgan fingerprint density at radius 1 is 1.19 bits per heavy atom. The van der Waals surface area contributed by atoms with Gasteiger partial charge in [-0.25, -0.2) is 4.98 Å². The molecule has 2 heteroatoms. The highest BCUT2D eigenvalue weighted by atomic mass is 16.5. The van der Waals surface area contributed by atoms with Crippen molar-refractivity contribution in [2.75, 3.05) is 6.61 Å². The molecule has 1 aromatic heterocycles. The second kappa shape index (κ2) is 4.52. The summed E-state index contributed by atoms with van der Waals surface area (Å²) in [5, 5.41) is 1.25. The second-order valence-corrected chi connectivity index (χ2v) is 3.64. The molecule has 0 saturated heterocycles. The lowest BCUT2D eigenvalue weighted by Gasteiger charge is -2.05. The van der Waals surface area contributed by atoms with Gasteiger partial charge in [0, 0.05) is 17.4 Å². The van der Waals surface area contributed by atoms with Gasteiger partial charge in [-0.1, -0.05) is 32.0 Å². The number of pyridine rings is 1. The van der Waals surface area contributed by atoms with Crippen LogP contribution in [0.2, 0.25) is 0 Å². The molecule has 0 spiro atoms. The van der Waals surface area contributed by atoms with Gasteiger partial charge in [-0.05, 0) is 18.6 Å². The molecule has 0 saturated carbocycles. The van der Waals surface area contributed by atoms with Crippen LogP contribution in [-0.2, 0) is 6.42 Å². The maximum absolute atomic E-state index is 5.48. The highest BCUT2D eigenvalue weighted by Crippen LogP contribution is 2.30. The molecule has 0 N–H and O–H groups in total. The monoisotopic (exact) mass is 215 g/mol. The van der Waals surface area contributed by atoms with Crippen molar-refractivity contribution in [2.45, 2.75) is 27.2 Å². The topological polar surface area (TPSA) is 22.1 Å². The Hall–Kier alpha value is -1.57.